The van der Waals surface area contributed by atoms with Crippen LogP contribution >= 0.6 is 12.4 Å². The zero-order valence-corrected chi connectivity index (χ0v) is 10.5. The number of nitrogens with one attached hydrogen (secondary N) is 1. The van der Waals surface area contributed by atoms with E-state index >= 15 is 0 Å². The van der Waals surface area contributed by atoms with Crippen LogP contribution < -0.4 is 0 Å². The van der Waals surface area contributed by atoms with Crippen molar-refractivity contribution in [3.63, 3.8) is 0 Å². The van der Waals surface area contributed by atoms with Crippen molar-refractivity contribution in [2.75, 3.05) is 14.1 Å². The van der Waals surface area contributed by atoms with Crippen LogP contribution in [-0.4, -0.2) is 35.1 Å². The van der Waals surface area contributed by atoms with Crippen LogP contribution in [0, 0.1) is 0 Å². The Kier molecular flexibility index (Phi) is 4.15. The van der Waals surface area contributed by atoms with E-state index in [0.717, 1.165) is 23.0 Å². The molecule has 0 spiro atoms. The Morgan fingerprint density at radius 2 is 2.12 bits per heavy atom. The average molecular weight is 255 g/mol. The first kappa shape index (κ1) is 13.5. The maximum absolute atomic E-state index is 10.9. The van der Waals surface area contributed by atoms with E-state index in [1.165, 1.54) is 0 Å². The normalized spacial score (nSPS) is 10.5. The van der Waals surface area contributed by atoms with Crippen LogP contribution in [-0.2, 0) is 6.54 Å². The van der Waals surface area contributed by atoms with Crippen LogP contribution in [0.3, 0.4) is 0 Å². The molecule has 0 aliphatic rings. The number of carboxylic acid groups (broad SMARTS) is 1. The van der Waals surface area contributed by atoms with Gasteiger partial charge in [-0.1, -0.05) is 0 Å². The van der Waals surface area contributed by atoms with Gasteiger partial charge in [0.2, 0.25) is 0 Å². The van der Waals surface area contributed by atoms with Crippen LogP contribution in [0.15, 0.2) is 24.4 Å². The number of hydrogen-bond acceptors (Lipinski definition) is 2. The van der Waals surface area contributed by atoms with Gasteiger partial charge in [0.25, 0.3) is 0 Å². The molecule has 0 aliphatic carbocycles. The van der Waals surface area contributed by atoms with Crippen LogP contribution in [0.25, 0.3) is 10.9 Å². The maximum Gasteiger partial charge on any atom is 0.335 e. The third-order valence-electron chi connectivity index (χ3n) is 2.50. The molecule has 0 atom stereocenters. The fourth-order valence-electron chi connectivity index (χ4n) is 1.78. The molecule has 92 valence electrons. The van der Waals surface area contributed by atoms with Gasteiger partial charge < -0.3 is 15.0 Å². The smallest absolute Gasteiger partial charge is 0.335 e. The van der Waals surface area contributed by atoms with Crippen molar-refractivity contribution in [1.82, 2.24) is 9.88 Å². The SMILES string of the molecule is CN(C)Cc1c[nH]c2ccc(C(=O)O)cc12.Cl. The molecule has 0 amide bonds. The molecule has 0 aliphatic heterocycles. The Morgan fingerprint density at radius 3 is 2.71 bits per heavy atom. The summed E-state index contributed by atoms with van der Waals surface area (Å²) < 4.78 is 0. The van der Waals surface area contributed by atoms with Gasteiger partial charge in [-0.3, -0.25) is 0 Å². The second kappa shape index (κ2) is 5.21. The molecule has 0 unspecified atom stereocenters. The number of halogens is 1. The van der Waals surface area contributed by atoms with E-state index in [2.05, 4.69) is 9.88 Å². The van der Waals surface area contributed by atoms with Gasteiger partial charge in [-0.15, -0.1) is 12.4 Å². The molecule has 0 radical (unpaired) electrons. The van der Waals surface area contributed by atoms with E-state index < -0.39 is 5.97 Å². The maximum atomic E-state index is 10.9. The molecule has 2 aromatic rings. The first-order chi connectivity index (χ1) is 7.58. The van der Waals surface area contributed by atoms with E-state index in [4.69, 9.17) is 5.11 Å². The van der Waals surface area contributed by atoms with Gasteiger partial charge in [-0.05, 0) is 37.9 Å². The Hall–Kier alpha value is -1.52. The predicted octanol–water partition coefficient (Wildman–Crippen LogP) is 2.35. The molecule has 0 bridgehead atoms. The summed E-state index contributed by atoms with van der Waals surface area (Å²) in [6.07, 6.45) is 1.93. The number of fused-ring (bicyclic) bond motifs is 1. The molecule has 17 heavy (non-hydrogen) atoms. The monoisotopic (exact) mass is 254 g/mol. The number of aromatic amines is 1. The highest BCUT2D eigenvalue weighted by molar-refractivity contribution is 5.94. The van der Waals surface area contributed by atoms with Crippen molar-refractivity contribution in [2.45, 2.75) is 6.54 Å². The Morgan fingerprint density at radius 1 is 1.41 bits per heavy atom. The molecule has 0 saturated carbocycles. The fraction of sp³-hybridized carbons (Fsp3) is 0.250. The summed E-state index contributed by atoms with van der Waals surface area (Å²) >= 11 is 0. The number of carbonyl (C=O) groups is 1. The van der Waals surface area contributed by atoms with Gasteiger partial charge in [0.05, 0.1) is 5.56 Å². The largest absolute Gasteiger partial charge is 0.478 e. The summed E-state index contributed by atoms with van der Waals surface area (Å²) in [5.41, 5.74) is 2.41. The molecule has 2 N–H and O–H groups in total. The second-order valence-electron chi connectivity index (χ2n) is 4.12. The van der Waals surface area contributed by atoms with Crippen LogP contribution in [0.2, 0.25) is 0 Å². The van der Waals surface area contributed by atoms with Gasteiger partial charge in [0, 0.05) is 23.6 Å². The highest BCUT2D eigenvalue weighted by Crippen LogP contribution is 2.20. The summed E-state index contributed by atoms with van der Waals surface area (Å²) in [5.74, 6) is -0.890. The zero-order valence-electron chi connectivity index (χ0n) is 9.73. The Labute approximate surface area is 106 Å². The van der Waals surface area contributed by atoms with Crippen molar-refractivity contribution >= 4 is 29.3 Å². The standard InChI is InChI=1S/C12H14N2O2.ClH/c1-14(2)7-9-6-13-11-4-3-8(12(15)16)5-10(9)11;/h3-6,13H,7H2,1-2H3,(H,15,16);1H. The zero-order chi connectivity index (χ0) is 11.7. The lowest BCUT2D eigenvalue weighted by Crippen LogP contribution is -2.10. The van der Waals surface area contributed by atoms with E-state index in [0.29, 0.717) is 5.56 Å². The van der Waals surface area contributed by atoms with Gasteiger partial charge in [0.1, 0.15) is 0 Å². The minimum absolute atomic E-state index is 0. The second-order valence-corrected chi connectivity index (χ2v) is 4.12. The number of aromatic carboxylic acids is 1. The minimum Gasteiger partial charge on any atom is -0.478 e. The lowest BCUT2D eigenvalue weighted by atomic mass is 10.1. The summed E-state index contributed by atoms with van der Waals surface area (Å²) in [7, 11) is 3.97. The first-order valence-corrected chi connectivity index (χ1v) is 5.06. The summed E-state index contributed by atoms with van der Waals surface area (Å²) in [6.45, 7) is 0.795. The molecular formula is C12H15ClN2O2. The Balaban J connectivity index is 0.00000144. The van der Waals surface area contributed by atoms with Crippen molar-refractivity contribution in [3.8, 4) is 0 Å². The first-order valence-electron chi connectivity index (χ1n) is 5.06. The van der Waals surface area contributed by atoms with E-state index in [9.17, 15) is 4.79 Å². The number of rotatable bonds is 3. The number of nitrogens with zero attached hydrogens (tertiary/aromatic N) is 1. The van der Waals surface area contributed by atoms with Crippen LogP contribution in [0.1, 0.15) is 15.9 Å². The van der Waals surface area contributed by atoms with Gasteiger partial charge in [0.15, 0.2) is 0 Å². The molecular weight excluding hydrogens is 240 g/mol. The lowest BCUT2D eigenvalue weighted by molar-refractivity contribution is 0.0697. The van der Waals surface area contributed by atoms with Crippen molar-refractivity contribution in [2.24, 2.45) is 0 Å². The number of aromatic nitrogens is 1. The van der Waals surface area contributed by atoms with E-state index in [-0.39, 0.29) is 12.4 Å². The Bertz CT molecular complexity index is 534. The third-order valence-corrected chi connectivity index (χ3v) is 2.50. The number of hydrogen-bond donors (Lipinski definition) is 2. The fourth-order valence-corrected chi connectivity index (χ4v) is 1.78. The molecule has 1 aromatic carbocycles. The quantitative estimate of drug-likeness (QED) is 0.884. The van der Waals surface area contributed by atoms with Crippen molar-refractivity contribution in [1.29, 1.82) is 0 Å². The molecule has 2 rings (SSSR count). The minimum atomic E-state index is -0.890. The molecule has 1 heterocycles. The van der Waals surface area contributed by atoms with Crippen molar-refractivity contribution in [3.05, 3.63) is 35.5 Å². The number of carboxylic acids is 1. The van der Waals surface area contributed by atoms with E-state index in [1.54, 1.807) is 18.2 Å². The highest BCUT2D eigenvalue weighted by Gasteiger charge is 2.08. The summed E-state index contributed by atoms with van der Waals surface area (Å²) in [6, 6.07) is 5.13. The third kappa shape index (κ3) is 2.78. The van der Waals surface area contributed by atoms with Gasteiger partial charge >= 0.3 is 5.97 Å². The molecule has 5 heteroatoms. The topological polar surface area (TPSA) is 56.3 Å². The number of benzene rings is 1. The summed E-state index contributed by atoms with van der Waals surface area (Å²) in [4.78, 5) is 16.1. The highest BCUT2D eigenvalue weighted by atomic mass is 35.5. The van der Waals surface area contributed by atoms with Crippen molar-refractivity contribution < 1.29 is 9.90 Å². The van der Waals surface area contributed by atoms with Gasteiger partial charge in [-0.25, -0.2) is 4.79 Å². The molecule has 1 aromatic heterocycles. The summed E-state index contributed by atoms with van der Waals surface area (Å²) in [5, 5.41) is 9.91. The van der Waals surface area contributed by atoms with Crippen LogP contribution in [0.4, 0.5) is 0 Å². The van der Waals surface area contributed by atoms with Gasteiger partial charge in [-0.2, -0.15) is 0 Å². The van der Waals surface area contributed by atoms with E-state index in [1.807, 2.05) is 20.3 Å². The average Bonchev–Trinajstić information content (AvgIpc) is 2.60. The molecule has 0 saturated heterocycles. The molecule has 0 fully saturated rings. The lowest BCUT2D eigenvalue weighted by Gasteiger charge is -2.08. The molecule has 4 nitrogen and oxygen atoms in total. The number of H-pyrrole nitrogens is 1. The predicted molar refractivity (Wildman–Crippen MR) is 69.9 cm³/mol. The van der Waals surface area contributed by atoms with Crippen LogP contribution in [0.5, 0.6) is 0 Å².